The molecule has 1 aliphatic rings. The van der Waals surface area contributed by atoms with E-state index in [1.54, 1.807) is 4.90 Å². The van der Waals surface area contributed by atoms with E-state index in [4.69, 9.17) is 4.74 Å². The average molecular weight is 423 g/mol. The first-order valence-corrected chi connectivity index (χ1v) is 10.6. The van der Waals surface area contributed by atoms with Gasteiger partial charge in [0.15, 0.2) is 0 Å². The number of carbonyl (C=O) groups excluding carboxylic acids is 2. The fourth-order valence-corrected chi connectivity index (χ4v) is 4.15. The molecule has 8 heteroatoms. The normalized spacial score (nSPS) is 16.0. The van der Waals surface area contributed by atoms with E-state index in [0.29, 0.717) is 24.7 Å². The number of nitrogens with zero attached hydrogens (tertiary/aromatic N) is 3. The number of hydrogen-bond acceptors (Lipinski definition) is 6. The van der Waals surface area contributed by atoms with Gasteiger partial charge in [-0.15, -0.1) is 10.2 Å². The standard InChI is InChI=1S/C22H22N4O3S/c1-2-29-18-10-8-17(9-11-18)26-14-16(13-20(26)27)21(28)23-22-25-24-19(30-22)12-15-6-4-3-5-7-15/h3-11,16H,2,12-14H2,1H3,(H,23,25,28)/t16-/m0/s1. The van der Waals surface area contributed by atoms with Gasteiger partial charge in [0.25, 0.3) is 0 Å². The number of aromatic nitrogens is 2. The fraction of sp³-hybridized carbons (Fsp3) is 0.273. The molecule has 1 saturated heterocycles. The van der Waals surface area contributed by atoms with Gasteiger partial charge in [-0.3, -0.25) is 9.59 Å². The van der Waals surface area contributed by atoms with E-state index in [-0.39, 0.29) is 18.2 Å². The Hall–Kier alpha value is -3.26. The third-order valence-corrected chi connectivity index (χ3v) is 5.69. The highest BCUT2D eigenvalue weighted by atomic mass is 32.1. The molecule has 1 fully saturated rings. The van der Waals surface area contributed by atoms with Crippen LogP contribution in [0.4, 0.5) is 10.8 Å². The smallest absolute Gasteiger partial charge is 0.231 e. The maximum atomic E-state index is 12.7. The Bertz CT molecular complexity index is 1020. The molecule has 1 aromatic heterocycles. The summed E-state index contributed by atoms with van der Waals surface area (Å²) in [6.07, 6.45) is 0.844. The summed E-state index contributed by atoms with van der Waals surface area (Å²) in [5.74, 6) is 0.0517. The summed E-state index contributed by atoms with van der Waals surface area (Å²) in [4.78, 5) is 26.8. The number of hydrogen-bond donors (Lipinski definition) is 1. The van der Waals surface area contributed by atoms with Crippen molar-refractivity contribution in [3.05, 3.63) is 65.2 Å². The zero-order valence-corrected chi connectivity index (χ0v) is 17.4. The van der Waals surface area contributed by atoms with Crippen LogP contribution >= 0.6 is 11.3 Å². The maximum absolute atomic E-state index is 12.7. The molecule has 2 aromatic carbocycles. The van der Waals surface area contributed by atoms with E-state index >= 15 is 0 Å². The number of benzene rings is 2. The molecule has 0 unspecified atom stereocenters. The quantitative estimate of drug-likeness (QED) is 0.630. The second-order valence-electron chi connectivity index (χ2n) is 6.98. The first-order valence-electron chi connectivity index (χ1n) is 9.82. The minimum Gasteiger partial charge on any atom is -0.494 e. The summed E-state index contributed by atoms with van der Waals surface area (Å²) in [6, 6.07) is 17.3. The van der Waals surface area contributed by atoms with Crippen LogP contribution in [-0.2, 0) is 16.0 Å². The van der Waals surface area contributed by atoms with Crippen LogP contribution in [0.2, 0.25) is 0 Å². The third kappa shape index (κ3) is 4.65. The van der Waals surface area contributed by atoms with Crippen molar-refractivity contribution in [3.63, 3.8) is 0 Å². The molecule has 1 atom stereocenters. The van der Waals surface area contributed by atoms with Crippen molar-refractivity contribution in [1.82, 2.24) is 10.2 Å². The van der Waals surface area contributed by atoms with Crippen LogP contribution < -0.4 is 15.0 Å². The topological polar surface area (TPSA) is 84.4 Å². The third-order valence-electron chi connectivity index (χ3n) is 4.85. The van der Waals surface area contributed by atoms with Crippen LogP contribution in [0.5, 0.6) is 5.75 Å². The van der Waals surface area contributed by atoms with E-state index in [0.717, 1.165) is 22.0 Å². The predicted molar refractivity (Wildman–Crippen MR) is 116 cm³/mol. The van der Waals surface area contributed by atoms with Crippen LogP contribution in [0.3, 0.4) is 0 Å². The average Bonchev–Trinajstić information content (AvgIpc) is 3.36. The van der Waals surface area contributed by atoms with Gasteiger partial charge in [-0.25, -0.2) is 0 Å². The van der Waals surface area contributed by atoms with Crippen molar-refractivity contribution in [2.45, 2.75) is 19.8 Å². The van der Waals surface area contributed by atoms with Crippen LogP contribution in [0.15, 0.2) is 54.6 Å². The predicted octanol–water partition coefficient (Wildman–Crippen LogP) is 3.52. The number of ether oxygens (including phenoxy) is 1. The fourth-order valence-electron chi connectivity index (χ4n) is 3.38. The van der Waals surface area contributed by atoms with Gasteiger partial charge in [0.2, 0.25) is 16.9 Å². The Labute approximate surface area is 178 Å². The van der Waals surface area contributed by atoms with Crippen molar-refractivity contribution in [3.8, 4) is 5.75 Å². The molecule has 2 amide bonds. The Morgan fingerprint density at radius 1 is 1.17 bits per heavy atom. The van der Waals surface area contributed by atoms with E-state index in [2.05, 4.69) is 15.5 Å². The molecule has 0 bridgehead atoms. The largest absolute Gasteiger partial charge is 0.494 e. The summed E-state index contributed by atoms with van der Waals surface area (Å²) < 4.78 is 5.44. The molecule has 30 heavy (non-hydrogen) atoms. The molecule has 1 aliphatic heterocycles. The summed E-state index contributed by atoms with van der Waals surface area (Å²) in [7, 11) is 0. The van der Waals surface area contributed by atoms with Crippen LogP contribution in [0, 0.1) is 5.92 Å². The van der Waals surface area contributed by atoms with Gasteiger partial charge in [0, 0.05) is 25.1 Å². The van der Waals surface area contributed by atoms with Gasteiger partial charge in [-0.2, -0.15) is 0 Å². The lowest BCUT2D eigenvalue weighted by Crippen LogP contribution is -2.28. The number of rotatable bonds is 7. The molecule has 3 aromatic rings. The minimum atomic E-state index is -0.425. The Kier molecular flexibility index (Phi) is 6.04. The highest BCUT2D eigenvalue weighted by Crippen LogP contribution is 2.28. The van der Waals surface area contributed by atoms with Crippen molar-refractivity contribution in [1.29, 1.82) is 0 Å². The zero-order valence-electron chi connectivity index (χ0n) is 16.6. The zero-order chi connectivity index (χ0) is 20.9. The van der Waals surface area contributed by atoms with Crippen LogP contribution in [0.25, 0.3) is 0 Å². The van der Waals surface area contributed by atoms with Gasteiger partial charge in [0.1, 0.15) is 10.8 Å². The highest BCUT2D eigenvalue weighted by molar-refractivity contribution is 7.15. The van der Waals surface area contributed by atoms with Crippen molar-refractivity contribution < 1.29 is 14.3 Å². The highest BCUT2D eigenvalue weighted by Gasteiger charge is 2.35. The minimum absolute atomic E-state index is 0.0682. The first kappa shape index (κ1) is 20.0. The van der Waals surface area contributed by atoms with Crippen LogP contribution in [0.1, 0.15) is 23.9 Å². The summed E-state index contributed by atoms with van der Waals surface area (Å²) in [5.41, 5.74) is 1.90. The van der Waals surface area contributed by atoms with E-state index < -0.39 is 5.92 Å². The summed E-state index contributed by atoms with van der Waals surface area (Å²) in [5, 5.41) is 12.3. The molecule has 0 radical (unpaired) electrons. The second-order valence-corrected chi connectivity index (χ2v) is 8.05. The molecular weight excluding hydrogens is 400 g/mol. The molecule has 7 nitrogen and oxygen atoms in total. The molecule has 1 N–H and O–H groups in total. The number of amides is 2. The Morgan fingerprint density at radius 3 is 2.67 bits per heavy atom. The lowest BCUT2D eigenvalue weighted by atomic mass is 10.1. The van der Waals surface area contributed by atoms with Gasteiger partial charge in [-0.05, 0) is 36.8 Å². The summed E-state index contributed by atoms with van der Waals surface area (Å²) >= 11 is 1.35. The Balaban J connectivity index is 1.36. The lowest BCUT2D eigenvalue weighted by molar-refractivity contribution is -0.122. The molecule has 2 heterocycles. The van der Waals surface area contributed by atoms with E-state index in [1.807, 2.05) is 61.5 Å². The molecule has 4 rings (SSSR count). The maximum Gasteiger partial charge on any atom is 0.231 e. The summed E-state index contributed by atoms with van der Waals surface area (Å²) in [6.45, 7) is 2.85. The van der Waals surface area contributed by atoms with Crippen molar-refractivity contribution in [2.75, 3.05) is 23.4 Å². The Morgan fingerprint density at radius 2 is 1.93 bits per heavy atom. The second kappa shape index (κ2) is 9.04. The van der Waals surface area contributed by atoms with E-state index in [1.165, 1.54) is 11.3 Å². The number of anilines is 2. The molecular formula is C22H22N4O3S. The lowest BCUT2D eigenvalue weighted by Gasteiger charge is -2.17. The van der Waals surface area contributed by atoms with Gasteiger partial charge in [-0.1, -0.05) is 41.7 Å². The number of nitrogens with one attached hydrogen (secondary N) is 1. The van der Waals surface area contributed by atoms with Crippen molar-refractivity contribution >= 4 is 34.0 Å². The number of carbonyl (C=O) groups is 2. The SMILES string of the molecule is CCOc1ccc(N2C[C@@H](C(=O)Nc3nnc(Cc4ccccc4)s3)CC2=O)cc1. The van der Waals surface area contributed by atoms with Gasteiger partial charge < -0.3 is 15.0 Å². The van der Waals surface area contributed by atoms with Gasteiger partial charge >= 0.3 is 0 Å². The molecule has 0 spiro atoms. The van der Waals surface area contributed by atoms with E-state index in [9.17, 15) is 9.59 Å². The monoisotopic (exact) mass is 422 g/mol. The van der Waals surface area contributed by atoms with Crippen LogP contribution in [-0.4, -0.2) is 35.2 Å². The molecule has 0 aliphatic carbocycles. The first-order chi connectivity index (χ1) is 14.6. The molecule has 0 saturated carbocycles. The van der Waals surface area contributed by atoms with Crippen molar-refractivity contribution in [2.24, 2.45) is 5.92 Å². The molecule has 154 valence electrons. The van der Waals surface area contributed by atoms with Gasteiger partial charge in [0.05, 0.1) is 12.5 Å².